The number of unbranched alkanes of at least 4 members (excludes halogenated alkanes) is 1. The van der Waals surface area contributed by atoms with E-state index in [1.165, 1.54) is 5.57 Å². The third-order valence-electron chi connectivity index (χ3n) is 1.91. The zero-order valence-corrected chi connectivity index (χ0v) is 7.53. The van der Waals surface area contributed by atoms with Crippen LogP contribution in [0.25, 0.3) is 0 Å². The van der Waals surface area contributed by atoms with Crippen LogP contribution in [0.4, 0.5) is 0 Å². The highest BCUT2D eigenvalue weighted by atomic mass is 16.5. The zero-order chi connectivity index (χ0) is 9.52. The number of allylic oxidation sites excluding steroid dienone is 2. The lowest BCUT2D eigenvalue weighted by Crippen LogP contribution is -1.98. The summed E-state index contributed by atoms with van der Waals surface area (Å²) in [6.45, 7) is 0.656. The molecule has 0 saturated heterocycles. The van der Waals surface area contributed by atoms with Crippen LogP contribution in [0.5, 0.6) is 0 Å². The van der Waals surface area contributed by atoms with Crippen LogP contribution in [-0.4, -0.2) is 17.7 Å². The van der Waals surface area contributed by atoms with Crippen molar-refractivity contribution >= 4 is 5.97 Å². The average Bonchev–Trinajstić information content (AvgIpc) is 2.14. The van der Waals surface area contributed by atoms with Gasteiger partial charge in [0, 0.05) is 6.42 Å². The van der Waals surface area contributed by atoms with E-state index in [0.29, 0.717) is 6.61 Å². The molecule has 0 fully saturated rings. The maximum absolute atomic E-state index is 10.2. The van der Waals surface area contributed by atoms with Gasteiger partial charge in [-0.3, -0.25) is 4.79 Å². The first kappa shape index (κ1) is 9.84. The molecule has 0 bridgehead atoms. The molecule has 72 valence electrons. The highest BCUT2D eigenvalue weighted by molar-refractivity contribution is 5.66. The van der Waals surface area contributed by atoms with E-state index in [4.69, 9.17) is 9.84 Å². The first-order valence-corrected chi connectivity index (χ1v) is 4.47. The molecular weight excluding hydrogens is 168 g/mol. The lowest BCUT2D eigenvalue weighted by Gasteiger charge is -2.09. The molecule has 0 aliphatic carbocycles. The normalized spacial score (nSPS) is 14.9. The predicted molar refractivity (Wildman–Crippen MR) is 49.3 cm³/mol. The fourth-order valence-electron chi connectivity index (χ4n) is 1.22. The number of rotatable bonds is 5. The second kappa shape index (κ2) is 5.41. The first-order valence-electron chi connectivity index (χ1n) is 4.47. The van der Waals surface area contributed by atoms with E-state index < -0.39 is 5.97 Å². The first-order chi connectivity index (χ1) is 6.29. The van der Waals surface area contributed by atoms with Gasteiger partial charge in [0.25, 0.3) is 0 Å². The summed E-state index contributed by atoms with van der Waals surface area (Å²) in [7, 11) is 0. The number of carboxylic acid groups (broad SMARTS) is 1. The van der Waals surface area contributed by atoms with Crippen LogP contribution in [0.1, 0.15) is 25.7 Å². The predicted octanol–water partition coefficient (Wildman–Crippen LogP) is 2.10. The van der Waals surface area contributed by atoms with Gasteiger partial charge in [-0.15, -0.1) is 0 Å². The molecule has 13 heavy (non-hydrogen) atoms. The molecule has 0 spiro atoms. The van der Waals surface area contributed by atoms with E-state index in [9.17, 15) is 4.79 Å². The minimum Gasteiger partial charge on any atom is -0.497 e. The Kier molecular flexibility index (Phi) is 4.09. The Morgan fingerprint density at radius 1 is 1.54 bits per heavy atom. The van der Waals surface area contributed by atoms with Crippen LogP contribution in [-0.2, 0) is 9.53 Å². The van der Waals surface area contributed by atoms with Gasteiger partial charge in [-0.2, -0.15) is 0 Å². The van der Waals surface area contributed by atoms with Crippen LogP contribution >= 0.6 is 0 Å². The van der Waals surface area contributed by atoms with E-state index in [2.05, 4.69) is 0 Å². The molecule has 1 aliphatic heterocycles. The Labute approximate surface area is 77.7 Å². The van der Waals surface area contributed by atoms with E-state index in [1.54, 1.807) is 6.26 Å². The maximum Gasteiger partial charge on any atom is 0.303 e. The number of aliphatic carboxylic acids is 1. The summed E-state index contributed by atoms with van der Waals surface area (Å²) in [4.78, 5) is 10.2. The second-order valence-electron chi connectivity index (χ2n) is 3.07. The summed E-state index contributed by atoms with van der Waals surface area (Å²) in [6.07, 6.45) is 8.45. The lowest BCUT2D eigenvalue weighted by molar-refractivity contribution is -0.137. The topological polar surface area (TPSA) is 46.5 Å². The second-order valence-corrected chi connectivity index (χ2v) is 3.07. The average molecular weight is 182 g/mol. The smallest absolute Gasteiger partial charge is 0.303 e. The van der Waals surface area contributed by atoms with Gasteiger partial charge in [-0.05, 0) is 30.9 Å². The summed E-state index contributed by atoms with van der Waals surface area (Å²) >= 11 is 0. The van der Waals surface area contributed by atoms with Gasteiger partial charge in [-0.1, -0.05) is 6.08 Å². The third-order valence-corrected chi connectivity index (χ3v) is 1.91. The Bertz CT molecular complexity index is 228. The minimum atomic E-state index is -0.714. The van der Waals surface area contributed by atoms with Crippen LogP contribution in [0.2, 0.25) is 0 Å². The zero-order valence-electron chi connectivity index (χ0n) is 7.53. The van der Waals surface area contributed by atoms with Crippen molar-refractivity contribution in [3.8, 4) is 0 Å². The standard InChI is InChI=1S/C10H14O3/c11-10(12)6-2-1-4-9-5-3-7-13-8-9/h3,5,7H,1-2,4,6,8H2,(H,11,12). The maximum atomic E-state index is 10.2. The molecule has 1 N–H and O–H groups in total. The Morgan fingerprint density at radius 3 is 3.00 bits per heavy atom. The van der Waals surface area contributed by atoms with Gasteiger partial charge in [0.2, 0.25) is 0 Å². The third kappa shape index (κ3) is 4.35. The van der Waals surface area contributed by atoms with Crippen molar-refractivity contribution in [2.24, 2.45) is 0 Å². The Balaban J connectivity index is 2.08. The van der Waals surface area contributed by atoms with E-state index in [-0.39, 0.29) is 6.42 Å². The van der Waals surface area contributed by atoms with Crippen molar-refractivity contribution in [3.63, 3.8) is 0 Å². The van der Waals surface area contributed by atoms with Crippen molar-refractivity contribution < 1.29 is 14.6 Å². The summed E-state index contributed by atoms with van der Waals surface area (Å²) in [5, 5.41) is 8.40. The Hall–Kier alpha value is -1.25. The Morgan fingerprint density at radius 2 is 2.38 bits per heavy atom. The number of hydrogen-bond acceptors (Lipinski definition) is 2. The molecule has 1 heterocycles. The summed E-state index contributed by atoms with van der Waals surface area (Å²) in [6, 6.07) is 0. The SMILES string of the molecule is O=C(O)CCCCC1=CC=COC1. The summed E-state index contributed by atoms with van der Waals surface area (Å²) < 4.78 is 5.10. The lowest BCUT2D eigenvalue weighted by atomic mass is 10.1. The number of ether oxygens (including phenoxy) is 1. The van der Waals surface area contributed by atoms with Gasteiger partial charge in [-0.25, -0.2) is 0 Å². The van der Waals surface area contributed by atoms with Crippen LogP contribution < -0.4 is 0 Å². The van der Waals surface area contributed by atoms with Gasteiger partial charge in [0.05, 0.1) is 6.26 Å². The molecule has 0 aromatic heterocycles. The van der Waals surface area contributed by atoms with Gasteiger partial charge < -0.3 is 9.84 Å². The number of carbonyl (C=O) groups is 1. The highest BCUT2D eigenvalue weighted by Gasteiger charge is 2.01. The molecule has 0 aromatic carbocycles. The highest BCUT2D eigenvalue weighted by Crippen LogP contribution is 2.12. The number of carboxylic acids is 1. The van der Waals surface area contributed by atoms with Crippen molar-refractivity contribution in [1.82, 2.24) is 0 Å². The molecule has 1 rings (SSSR count). The molecule has 3 nitrogen and oxygen atoms in total. The van der Waals surface area contributed by atoms with Crippen molar-refractivity contribution in [2.75, 3.05) is 6.61 Å². The fourth-order valence-corrected chi connectivity index (χ4v) is 1.22. The van der Waals surface area contributed by atoms with Crippen LogP contribution in [0.3, 0.4) is 0 Å². The quantitative estimate of drug-likeness (QED) is 0.662. The minimum absolute atomic E-state index is 0.268. The molecule has 3 heteroatoms. The molecule has 1 aliphatic rings. The molecule has 0 aromatic rings. The monoisotopic (exact) mass is 182 g/mol. The molecule has 0 saturated carbocycles. The largest absolute Gasteiger partial charge is 0.497 e. The van der Waals surface area contributed by atoms with Crippen LogP contribution in [0.15, 0.2) is 24.0 Å². The van der Waals surface area contributed by atoms with Gasteiger partial charge >= 0.3 is 5.97 Å². The molecular formula is C10H14O3. The number of hydrogen-bond donors (Lipinski definition) is 1. The molecule has 0 atom stereocenters. The van der Waals surface area contributed by atoms with E-state index in [1.807, 2.05) is 12.2 Å². The molecule has 0 unspecified atom stereocenters. The van der Waals surface area contributed by atoms with Gasteiger partial charge in [0.15, 0.2) is 0 Å². The van der Waals surface area contributed by atoms with Crippen molar-refractivity contribution in [2.45, 2.75) is 25.7 Å². The van der Waals surface area contributed by atoms with E-state index >= 15 is 0 Å². The molecule has 0 amide bonds. The van der Waals surface area contributed by atoms with E-state index in [0.717, 1.165) is 19.3 Å². The summed E-state index contributed by atoms with van der Waals surface area (Å²) in [5.74, 6) is -0.714. The summed E-state index contributed by atoms with van der Waals surface area (Å²) in [5.41, 5.74) is 1.24. The molecule has 0 radical (unpaired) electrons. The van der Waals surface area contributed by atoms with Crippen molar-refractivity contribution in [3.05, 3.63) is 24.0 Å². The van der Waals surface area contributed by atoms with Gasteiger partial charge in [0.1, 0.15) is 6.61 Å². The van der Waals surface area contributed by atoms with Crippen LogP contribution in [0, 0.1) is 0 Å². The fraction of sp³-hybridized carbons (Fsp3) is 0.500. The van der Waals surface area contributed by atoms with Crippen molar-refractivity contribution in [1.29, 1.82) is 0 Å².